The lowest BCUT2D eigenvalue weighted by molar-refractivity contribution is 0.102. The Kier molecular flexibility index (Phi) is 4.99. The van der Waals surface area contributed by atoms with Crippen LogP contribution in [0.4, 0.5) is 17.2 Å². The number of para-hydroxylation sites is 1. The minimum Gasteiger partial charge on any atom is -0.340 e. The standard InChI is InChI=1S/C18H13Cl2N3O/c19-14-7-4-8-15(17(14)20)23-18(24)12-9-10-16(21-11-12)22-13-5-2-1-3-6-13/h1-11H,(H,21,22)(H,23,24). The molecule has 3 aromatic rings. The van der Waals surface area contributed by atoms with Gasteiger partial charge in [0.15, 0.2) is 0 Å². The lowest BCUT2D eigenvalue weighted by Gasteiger charge is -2.09. The highest BCUT2D eigenvalue weighted by molar-refractivity contribution is 6.44. The number of anilines is 3. The van der Waals surface area contributed by atoms with Crippen molar-refractivity contribution in [2.45, 2.75) is 0 Å². The van der Waals surface area contributed by atoms with Crippen molar-refractivity contribution in [2.24, 2.45) is 0 Å². The number of carbonyl (C=O) groups is 1. The monoisotopic (exact) mass is 357 g/mol. The number of carbonyl (C=O) groups excluding carboxylic acids is 1. The van der Waals surface area contributed by atoms with Crippen LogP contribution in [0.5, 0.6) is 0 Å². The summed E-state index contributed by atoms with van der Waals surface area (Å²) in [5.41, 5.74) is 1.80. The molecular weight excluding hydrogens is 345 g/mol. The number of amides is 1. The number of hydrogen-bond donors (Lipinski definition) is 2. The van der Waals surface area contributed by atoms with Gasteiger partial charge in [-0.2, -0.15) is 0 Å². The zero-order chi connectivity index (χ0) is 16.9. The number of aromatic nitrogens is 1. The highest BCUT2D eigenvalue weighted by atomic mass is 35.5. The maximum atomic E-state index is 12.3. The highest BCUT2D eigenvalue weighted by Crippen LogP contribution is 2.29. The number of nitrogens with one attached hydrogen (secondary N) is 2. The Hall–Kier alpha value is -2.56. The zero-order valence-electron chi connectivity index (χ0n) is 12.5. The Labute approximate surface area is 149 Å². The predicted octanol–water partition coefficient (Wildman–Crippen LogP) is 5.38. The fraction of sp³-hybridized carbons (Fsp3) is 0. The molecule has 0 saturated heterocycles. The average Bonchev–Trinajstić information content (AvgIpc) is 2.60. The third-order valence-electron chi connectivity index (χ3n) is 3.27. The number of hydrogen-bond acceptors (Lipinski definition) is 3. The number of pyridine rings is 1. The summed E-state index contributed by atoms with van der Waals surface area (Å²) >= 11 is 12.0. The SMILES string of the molecule is O=C(Nc1cccc(Cl)c1Cl)c1ccc(Nc2ccccc2)nc1. The summed E-state index contributed by atoms with van der Waals surface area (Å²) in [6.07, 6.45) is 1.50. The molecule has 0 bridgehead atoms. The van der Waals surface area contributed by atoms with E-state index in [0.29, 0.717) is 27.1 Å². The minimum absolute atomic E-state index is 0.307. The Morgan fingerprint density at radius 1 is 0.917 bits per heavy atom. The van der Waals surface area contributed by atoms with Crippen LogP contribution in [0.2, 0.25) is 10.0 Å². The normalized spacial score (nSPS) is 10.2. The quantitative estimate of drug-likeness (QED) is 0.658. The average molecular weight is 358 g/mol. The van der Waals surface area contributed by atoms with Gasteiger partial charge < -0.3 is 10.6 Å². The van der Waals surface area contributed by atoms with E-state index in [1.54, 1.807) is 30.3 Å². The van der Waals surface area contributed by atoms with Gasteiger partial charge in [-0.15, -0.1) is 0 Å². The Balaban J connectivity index is 1.71. The maximum Gasteiger partial charge on any atom is 0.257 e. The van der Waals surface area contributed by atoms with Crippen LogP contribution in [0.15, 0.2) is 66.9 Å². The van der Waals surface area contributed by atoms with Gasteiger partial charge in [-0.05, 0) is 36.4 Å². The van der Waals surface area contributed by atoms with Crippen LogP contribution in [0.25, 0.3) is 0 Å². The number of halogens is 2. The van der Waals surface area contributed by atoms with Crippen LogP contribution in [-0.4, -0.2) is 10.9 Å². The lowest BCUT2D eigenvalue weighted by atomic mass is 10.2. The second-order valence-corrected chi connectivity index (χ2v) is 5.76. The minimum atomic E-state index is -0.307. The molecule has 2 aromatic carbocycles. The molecule has 0 unspecified atom stereocenters. The van der Waals surface area contributed by atoms with Crippen molar-refractivity contribution in [3.8, 4) is 0 Å². The predicted molar refractivity (Wildman–Crippen MR) is 98.4 cm³/mol. The van der Waals surface area contributed by atoms with Crippen LogP contribution in [0, 0.1) is 0 Å². The van der Waals surface area contributed by atoms with E-state index in [1.807, 2.05) is 30.3 Å². The van der Waals surface area contributed by atoms with Crippen molar-refractivity contribution in [1.29, 1.82) is 0 Å². The van der Waals surface area contributed by atoms with Crippen LogP contribution in [0.3, 0.4) is 0 Å². The highest BCUT2D eigenvalue weighted by Gasteiger charge is 2.10. The first-order chi connectivity index (χ1) is 11.6. The summed E-state index contributed by atoms with van der Waals surface area (Å²) in [5, 5.41) is 6.57. The van der Waals surface area contributed by atoms with Gasteiger partial charge in [0.05, 0.1) is 21.3 Å². The summed E-state index contributed by atoms with van der Waals surface area (Å²) in [6.45, 7) is 0. The smallest absolute Gasteiger partial charge is 0.257 e. The molecule has 0 radical (unpaired) electrons. The van der Waals surface area contributed by atoms with Crippen LogP contribution in [0.1, 0.15) is 10.4 Å². The Morgan fingerprint density at radius 3 is 2.42 bits per heavy atom. The van der Waals surface area contributed by atoms with Gasteiger partial charge in [-0.1, -0.05) is 47.5 Å². The molecule has 0 fully saturated rings. The third-order valence-corrected chi connectivity index (χ3v) is 4.09. The molecule has 6 heteroatoms. The third kappa shape index (κ3) is 3.85. The van der Waals surface area contributed by atoms with Crippen LogP contribution >= 0.6 is 23.2 Å². The van der Waals surface area contributed by atoms with E-state index in [-0.39, 0.29) is 5.91 Å². The molecule has 24 heavy (non-hydrogen) atoms. The first-order valence-corrected chi connectivity index (χ1v) is 7.92. The molecule has 4 nitrogen and oxygen atoms in total. The molecule has 0 atom stereocenters. The first kappa shape index (κ1) is 16.3. The van der Waals surface area contributed by atoms with Crippen molar-refractivity contribution < 1.29 is 4.79 Å². The van der Waals surface area contributed by atoms with Gasteiger partial charge in [-0.25, -0.2) is 4.98 Å². The summed E-state index contributed by atoms with van der Waals surface area (Å²) in [6, 6.07) is 18.1. The van der Waals surface area contributed by atoms with Crippen molar-refractivity contribution in [3.63, 3.8) is 0 Å². The van der Waals surface area contributed by atoms with E-state index in [2.05, 4.69) is 15.6 Å². The lowest BCUT2D eigenvalue weighted by Crippen LogP contribution is -2.12. The van der Waals surface area contributed by atoms with E-state index in [4.69, 9.17) is 23.2 Å². The fourth-order valence-corrected chi connectivity index (χ4v) is 2.41. The number of nitrogens with zero attached hydrogens (tertiary/aromatic N) is 1. The molecule has 2 N–H and O–H groups in total. The molecule has 120 valence electrons. The zero-order valence-corrected chi connectivity index (χ0v) is 14.0. The summed E-state index contributed by atoms with van der Waals surface area (Å²) in [5.74, 6) is 0.344. The van der Waals surface area contributed by atoms with Gasteiger partial charge in [0, 0.05) is 11.9 Å². The molecular formula is C18H13Cl2N3O. The molecule has 1 aromatic heterocycles. The van der Waals surface area contributed by atoms with Gasteiger partial charge in [0.1, 0.15) is 5.82 Å². The van der Waals surface area contributed by atoms with Crippen LogP contribution in [-0.2, 0) is 0 Å². The van der Waals surface area contributed by atoms with Gasteiger partial charge in [0.2, 0.25) is 0 Å². The largest absolute Gasteiger partial charge is 0.340 e. The number of benzene rings is 2. The molecule has 0 aliphatic heterocycles. The molecule has 0 aliphatic rings. The van der Waals surface area contributed by atoms with Crippen molar-refractivity contribution in [2.75, 3.05) is 10.6 Å². The Bertz CT molecular complexity index is 852. The maximum absolute atomic E-state index is 12.3. The van der Waals surface area contributed by atoms with Gasteiger partial charge >= 0.3 is 0 Å². The second kappa shape index (κ2) is 7.34. The second-order valence-electron chi connectivity index (χ2n) is 4.98. The van der Waals surface area contributed by atoms with E-state index in [9.17, 15) is 4.79 Å². The molecule has 0 spiro atoms. The molecule has 0 aliphatic carbocycles. The molecule has 0 saturated carbocycles. The molecule has 1 amide bonds. The van der Waals surface area contributed by atoms with Crippen LogP contribution < -0.4 is 10.6 Å². The topological polar surface area (TPSA) is 54.0 Å². The number of rotatable bonds is 4. The van der Waals surface area contributed by atoms with E-state index < -0.39 is 0 Å². The Morgan fingerprint density at radius 2 is 1.71 bits per heavy atom. The summed E-state index contributed by atoms with van der Waals surface area (Å²) in [7, 11) is 0. The summed E-state index contributed by atoms with van der Waals surface area (Å²) in [4.78, 5) is 16.5. The summed E-state index contributed by atoms with van der Waals surface area (Å²) < 4.78 is 0. The molecule has 3 rings (SSSR count). The van der Waals surface area contributed by atoms with E-state index in [1.165, 1.54) is 6.20 Å². The van der Waals surface area contributed by atoms with Crippen molar-refractivity contribution in [1.82, 2.24) is 4.98 Å². The molecule has 1 heterocycles. The van der Waals surface area contributed by atoms with Crippen molar-refractivity contribution >= 4 is 46.3 Å². The fourth-order valence-electron chi connectivity index (χ4n) is 2.07. The van der Waals surface area contributed by atoms with E-state index >= 15 is 0 Å². The van der Waals surface area contributed by atoms with Gasteiger partial charge in [-0.3, -0.25) is 4.79 Å². The first-order valence-electron chi connectivity index (χ1n) is 7.17. The van der Waals surface area contributed by atoms with Gasteiger partial charge in [0.25, 0.3) is 5.91 Å². The van der Waals surface area contributed by atoms with Crippen molar-refractivity contribution in [3.05, 3.63) is 82.5 Å². The van der Waals surface area contributed by atoms with E-state index in [0.717, 1.165) is 5.69 Å².